The molecule has 0 radical (unpaired) electrons. The summed E-state index contributed by atoms with van der Waals surface area (Å²) in [4.78, 5) is 23.0. The van der Waals surface area contributed by atoms with Crippen molar-refractivity contribution in [2.45, 2.75) is 141 Å². The minimum atomic E-state index is -1.13. The normalized spacial score (nSPS) is 13.1. The van der Waals surface area contributed by atoms with Crippen molar-refractivity contribution in [3.05, 3.63) is 0 Å². The molecule has 0 bridgehead atoms. The molecule has 31 heavy (non-hydrogen) atoms. The van der Waals surface area contributed by atoms with Gasteiger partial charge in [0.2, 0.25) is 5.91 Å². The van der Waals surface area contributed by atoms with Crippen molar-refractivity contribution in [3.63, 3.8) is 0 Å². The monoisotopic (exact) mass is 441 g/mol. The SMILES string of the molecule is CCCCCCCCCCCCCCCCCC(=O)NCCCCC(C)(OC)C(=O)O. The maximum absolute atomic E-state index is 11.9. The summed E-state index contributed by atoms with van der Waals surface area (Å²) in [6, 6.07) is 0. The number of carbonyl (C=O) groups is 2. The van der Waals surface area contributed by atoms with Gasteiger partial charge >= 0.3 is 5.97 Å². The second-order valence-electron chi connectivity index (χ2n) is 9.25. The summed E-state index contributed by atoms with van der Waals surface area (Å²) in [5.74, 6) is -0.824. The highest BCUT2D eigenvalue weighted by atomic mass is 16.5. The number of carbonyl (C=O) groups excluding carboxylic acids is 1. The molecule has 0 aliphatic rings. The fraction of sp³-hybridized carbons (Fsp3) is 0.923. The minimum Gasteiger partial charge on any atom is -0.479 e. The maximum Gasteiger partial charge on any atom is 0.335 e. The third-order valence-electron chi connectivity index (χ3n) is 6.31. The summed E-state index contributed by atoms with van der Waals surface area (Å²) in [7, 11) is 1.42. The standard InChI is InChI=1S/C26H51NO4/c1-4-5-6-7-8-9-10-11-12-13-14-15-16-17-18-21-24(28)27-23-20-19-22-26(2,31-3)25(29)30/h4-23H2,1-3H3,(H,27,28)(H,29,30). The highest BCUT2D eigenvalue weighted by molar-refractivity contribution is 5.77. The van der Waals surface area contributed by atoms with Crippen molar-refractivity contribution >= 4 is 11.9 Å². The second kappa shape index (κ2) is 20.8. The van der Waals surface area contributed by atoms with Gasteiger partial charge in [-0.25, -0.2) is 4.79 Å². The number of hydrogen-bond acceptors (Lipinski definition) is 3. The van der Waals surface area contributed by atoms with E-state index in [1.165, 1.54) is 90.6 Å². The van der Waals surface area contributed by atoms with Crippen LogP contribution in [-0.2, 0) is 14.3 Å². The van der Waals surface area contributed by atoms with E-state index in [4.69, 9.17) is 9.84 Å². The molecule has 0 spiro atoms. The van der Waals surface area contributed by atoms with Crippen LogP contribution in [0.5, 0.6) is 0 Å². The Bertz CT molecular complexity index is 441. The van der Waals surface area contributed by atoms with Gasteiger partial charge in [-0.15, -0.1) is 0 Å². The number of carboxylic acids is 1. The predicted octanol–water partition coefficient (Wildman–Crippen LogP) is 7.02. The van der Waals surface area contributed by atoms with Crippen LogP contribution in [0.15, 0.2) is 0 Å². The maximum atomic E-state index is 11.9. The topological polar surface area (TPSA) is 75.6 Å². The molecule has 0 rings (SSSR count). The Balaban J connectivity index is 3.34. The Morgan fingerprint density at radius 2 is 1.19 bits per heavy atom. The molecule has 5 nitrogen and oxygen atoms in total. The number of unbranched alkanes of at least 4 members (excludes halogenated alkanes) is 15. The molecule has 0 aromatic carbocycles. The number of hydrogen-bond donors (Lipinski definition) is 2. The molecule has 0 aliphatic carbocycles. The Hall–Kier alpha value is -1.10. The highest BCUT2D eigenvalue weighted by Crippen LogP contribution is 2.18. The van der Waals surface area contributed by atoms with E-state index in [-0.39, 0.29) is 5.91 Å². The van der Waals surface area contributed by atoms with Crippen molar-refractivity contribution < 1.29 is 19.4 Å². The zero-order valence-electron chi connectivity index (χ0n) is 20.8. The molecule has 0 saturated heterocycles. The van der Waals surface area contributed by atoms with E-state index in [2.05, 4.69) is 12.2 Å². The lowest BCUT2D eigenvalue weighted by Gasteiger charge is -2.22. The zero-order chi connectivity index (χ0) is 23.2. The average molecular weight is 442 g/mol. The Morgan fingerprint density at radius 3 is 1.61 bits per heavy atom. The van der Waals surface area contributed by atoms with Crippen molar-refractivity contribution in [2.75, 3.05) is 13.7 Å². The van der Waals surface area contributed by atoms with Crippen molar-refractivity contribution in [2.24, 2.45) is 0 Å². The predicted molar refractivity (Wildman–Crippen MR) is 129 cm³/mol. The molecule has 0 heterocycles. The van der Waals surface area contributed by atoms with Gasteiger partial charge in [0.1, 0.15) is 0 Å². The van der Waals surface area contributed by atoms with E-state index in [9.17, 15) is 9.59 Å². The molecule has 1 unspecified atom stereocenters. The van der Waals surface area contributed by atoms with Crippen molar-refractivity contribution in [1.29, 1.82) is 0 Å². The molecule has 1 atom stereocenters. The lowest BCUT2D eigenvalue weighted by Crippen LogP contribution is -2.37. The number of rotatable bonds is 23. The first-order chi connectivity index (χ1) is 15.0. The van der Waals surface area contributed by atoms with E-state index < -0.39 is 11.6 Å². The van der Waals surface area contributed by atoms with Gasteiger partial charge in [-0.05, 0) is 32.6 Å². The summed E-state index contributed by atoms with van der Waals surface area (Å²) in [5.41, 5.74) is -1.13. The summed E-state index contributed by atoms with van der Waals surface area (Å²) in [6.45, 7) is 4.47. The van der Waals surface area contributed by atoms with Crippen LogP contribution in [0.2, 0.25) is 0 Å². The third-order valence-corrected chi connectivity index (χ3v) is 6.31. The van der Waals surface area contributed by atoms with Crippen LogP contribution in [0.4, 0.5) is 0 Å². The summed E-state index contributed by atoms with van der Waals surface area (Å²) < 4.78 is 5.08. The fourth-order valence-electron chi connectivity index (χ4n) is 3.86. The quantitative estimate of drug-likeness (QED) is 0.167. The van der Waals surface area contributed by atoms with Gasteiger partial charge in [0.25, 0.3) is 0 Å². The minimum absolute atomic E-state index is 0.113. The van der Waals surface area contributed by atoms with E-state index in [1.807, 2.05) is 0 Å². The first kappa shape index (κ1) is 29.9. The summed E-state index contributed by atoms with van der Waals surface area (Å²) in [5, 5.41) is 12.1. The van der Waals surface area contributed by atoms with Crippen LogP contribution in [-0.4, -0.2) is 36.2 Å². The first-order valence-corrected chi connectivity index (χ1v) is 13.0. The summed E-state index contributed by atoms with van der Waals surface area (Å²) in [6.07, 6.45) is 22.5. The van der Waals surface area contributed by atoms with Gasteiger partial charge in [-0.1, -0.05) is 96.8 Å². The molecule has 0 aromatic heterocycles. The van der Waals surface area contributed by atoms with Crippen LogP contribution in [0.25, 0.3) is 0 Å². The smallest absolute Gasteiger partial charge is 0.335 e. The fourth-order valence-corrected chi connectivity index (χ4v) is 3.86. The van der Waals surface area contributed by atoms with E-state index in [1.54, 1.807) is 6.92 Å². The molecule has 0 aliphatic heterocycles. The number of nitrogens with one attached hydrogen (secondary N) is 1. The molecule has 2 N–H and O–H groups in total. The lowest BCUT2D eigenvalue weighted by atomic mass is 9.99. The Labute approximate surface area is 192 Å². The van der Waals surface area contributed by atoms with Gasteiger partial charge in [-0.2, -0.15) is 0 Å². The third kappa shape index (κ3) is 18.2. The molecule has 0 fully saturated rings. The number of methoxy groups -OCH3 is 1. The Kier molecular flexibility index (Phi) is 20.0. The van der Waals surface area contributed by atoms with Crippen LogP contribution in [0.1, 0.15) is 136 Å². The lowest BCUT2D eigenvalue weighted by molar-refractivity contribution is -0.161. The molecular weight excluding hydrogens is 390 g/mol. The van der Waals surface area contributed by atoms with Crippen LogP contribution >= 0.6 is 0 Å². The number of ether oxygens (including phenoxy) is 1. The number of amides is 1. The molecule has 0 saturated carbocycles. The number of carboxylic acid groups (broad SMARTS) is 1. The molecular formula is C26H51NO4. The molecule has 5 heteroatoms. The Morgan fingerprint density at radius 1 is 0.742 bits per heavy atom. The van der Waals surface area contributed by atoms with Crippen molar-refractivity contribution in [1.82, 2.24) is 5.32 Å². The average Bonchev–Trinajstić information content (AvgIpc) is 2.75. The van der Waals surface area contributed by atoms with Crippen LogP contribution in [0, 0.1) is 0 Å². The summed E-state index contributed by atoms with van der Waals surface area (Å²) >= 11 is 0. The largest absolute Gasteiger partial charge is 0.479 e. The first-order valence-electron chi connectivity index (χ1n) is 13.0. The highest BCUT2D eigenvalue weighted by Gasteiger charge is 2.31. The van der Waals surface area contributed by atoms with Gasteiger partial charge in [0.05, 0.1) is 0 Å². The van der Waals surface area contributed by atoms with Crippen molar-refractivity contribution in [3.8, 4) is 0 Å². The van der Waals surface area contributed by atoms with Gasteiger partial charge < -0.3 is 15.2 Å². The van der Waals surface area contributed by atoms with E-state index in [0.29, 0.717) is 19.4 Å². The van der Waals surface area contributed by atoms with Gasteiger partial charge in [0.15, 0.2) is 5.60 Å². The van der Waals surface area contributed by atoms with E-state index in [0.717, 1.165) is 25.7 Å². The van der Waals surface area contributed by atoms with Crippen LogP contribution < -0.4 is 5.32 Å². The molecule has 1 amide bonds. The molecule has 184 valence electrons. The second-order valence-corrected chi connectivity index (χ2v) is 9.25. The zero-order valence-corrected chi connectivity index (χ0v) is 20.8. The van der Waals surface area contributed by atoms with Gasteiger partial charge in [-0.3, -0.25) is 4.79 Å². The molecule has 0 aromatic rings. The number of aliphatic carboxylic acids is 1. The van der Waals surface area contributed by atoms with Gasteiger partial charge in [0, 0.05) is 20.1 Å². The van der Waals surface area contributed by atoms with E-state index >= 15 is 0 Å². The van der Waals surface area contributed by atoms with Crippen LogP contribution in [0.3, 0.4) is 0 Å².